The summed E-state index contributed by atoms with van der Waals surface area (Å²) in [6.45, 7) is 5.91. The second kappa shape index (κ2) is 6.86. The highest BCUT2D eigenvalue weighted by molar-refractivity contribution is 6.37. The van der Waals surface area contributed by atoms with Crippen LogP contribution in [0, 0.1) is 5.41 Å². The van der Waals surface area contributed by atoms with Crippen molar-refractivity contribution in [1.82, 2.24) is 4.90 Å². The molecule has 1 fully saturated rings. The van der Waals surface area contributed by atoms with E-state index in [4.69, 9.17) is 5.11 Å². The minimum absolute atomic E-state index is 0.0996. The molecule has 0 aliphatic carbocycles. The number of carboxylic acids is 1. The van der Waals surface area contributed by atoms with Crippen LogP contribution in [-0.4, -0.2) is 40.3 Å². The van der Waals surface area contributed by atoms with Gasteiger partial charge in [0.05, 0.1) is 0 Å². The Balaban J connectivity index is 2.50. The molecule has 1 heterocycles. The van der Waals surface area contributed by atoms with Gasteiger partial charge < -0.3 is 10.0 Å². The Bertz CT molecular complexity index is 384. The van der Waals surface area contributed by atoms with E-state index in [0.29, 0.717) is 13.0 Å². The van der Waals surface area contributed by atoms with Gasteiger partial charge in [-0.05, 0) is 25.7 Å². The summed E-state index contributed by atoms with van der Waals surface area (Å²) in [4.78, 5) is 36.4. The van der Waals surface area contributed by atoms with Crippen LogP contribution in [0.5, 0.6) is 0 Å². The van der Waals surface area contributed by atoms with Gasteiger partial charge in [0.25, 0.3) is 5.91 Å². The van der Waals surface area contributed by atoms with E-state index in [-0.39, 0.29) is 24.2 Å². The predicted octanol–water partition coefficient (Wildman–Crippen LogP) is 2.24. The van der Waals surface area contributed by atoms with E-state index >= 15 is 0 Å². The molecule has 20 heavy (non-hydrogen) atoms. The van der Waals surface area contributed by atoms with Gasteiger partial charge in [0, 0.05) is 24.4 Å². The van der Waals surface area contributed by atoms with Crippen molar-refractivity contribution in [3.05, 3.63) is 0 Å². The molecule has 1 N–H and O–H groups in total. The van der Waals surface area contributed by atoms with Gasteiger partial charge in [-0.15, -0.1) is 0 Å². The van der Waals surface area contributed by atoms with Gasteiger partial charge in [-0.2, -0.15) is 0 Å². The van der Waals surface area contributed by atoms with Crippen LogP contribution in [0.15, 0.2) is 0 Å². The van der Waals surface area contributed by atoms with Crippen LogP contribution in [-0.2, 0) is 14.4 Å². The van der Waals surface area contributed by atoms with E-state index in [1.165, 1.54) is 0 Å². The molecule has 114 valence electrons. The number of hydrogen-bond donors (Lipinski definition) is 1. The Kier molecular flexibility index (Phi) is 5.72. The van der Waals surface area contributed by atoms with E-state index in [0.717, 1.165) is 25.7 Å². The van der Waals surface area contributed by atoms with Gasteiger partial charge in [-0.3, -0.25) is 14.4 Å². The fourth-order valence-corrected chi connectivity index (χ4v) is 2.51. The summed E-state index contributed by atoms with van der Waals surface area (Å²) < 4.78 is 0. The number of carbonyl (C=O) groups is 3. The predicted molar refractivity (Wildman–Crippen MR) is 75.3 cm³/mol. The van der Waals surface area contributed by atoms with Gasteiger partial charge >= 0.3 is 5.97 Å². The van der Waals surface area contributed by atoms with E-state index in [1.807, 2.05) is 0 Å². The van der Waals surface area contributed by atoms with Gasteiger partial charge in [0.15, 0.2) is 0 Å². The zero-order valence-corrected chi connectivity index (χ0v) is 12.6. The third kappa shape index (κ3) is 4.62. The van der Waals surface area contributed by atoms with Crippen molar-refractivity contribution < 1.29 is 19.5 Å². The molecule has 0 bridgehead atoms. The number of carbonyl (C=O) groups excluding carboxylic acids is 2. The van der Waals surface area contributed by atoms with Crippen LogP contribution in [0.2, 0.25) is 0 Å². The second-order valence-corrected chi connectivity index (χ2v) is 6.51. The quantitative estimate of drug-likeness (QED) is 0.599. The topological polar surface area (TPSA) is 74.7 Å². The lowest BCUT2D eigenvalue weighted by Gasteiger charge is -2.27. The second-order valence-electron chi connectivity index (χ2n) is 6.51. The zero-order valence-electron chi connectivity index (χ0n) is 12.6. The number of amides is 1. The number of likely N-dealkylation sites (tertiary alicyclic amines) is 1. The number of hydrogen-bond acceptors (Lipinski definition) is 3. The van der Waals surface area contributed by atoms with Crippen LogP contribution >= 0.6 is 0 Å². The maximum atomic E-state index is 12.2. The number of ketones is 1. The Morgan fingerprint density at radius 2 is 1.85 bits per heavy atom. The Morgan fingerprint density at radius 3 is 2.40 bits per heavy atom. The monoisotopic (exact) mass is 283 g/mol. The van der Waals surface area contributed by atoms with E-state index in [1.54, 1.807) is 25.7 Å². The molecule has 0 saturated carbocycles. The lowest BCUT2D eigenvalue weighted by molar-refractivity contribution is -0.149. The average molecular weight is 283 g/mol. The molecule has 5 heteroatoms. The lowest BCUT2D eigenvalue weighted by atomic mass is 9.90. The van der Waals surface area contributed by atoms with Crippen LogP contribution in [0.25, 0.3) is 0 Å². The molecule has 0 aromatic rings. The zero-order chi connectivity index (χ0) is 15.3. The van der Waals surface area contributed by atoms with Crippen molar-refractivity contribution in [3.63, 3.8) is 0 Å². The highest BCUT2D eigenvalue weighted by Crippen LogP contribution is 2.25. The summed E-state index contributed by atoms with van der Waals surface area (Å²) in [5.74, 6) is -1.50. The van der Waals surface area contributed by atoms with Crippen molar-refractivity contribution in [2.24, 2.45) is 5.41 Å². The van der Waals surface area contributed by atoms with Crippen LogP contribution in [0.1, 0.15) is 59.3 Å². The van der Waals surface area contributed by atoms with Gasteiger partial charge in [-0.1, -0.05) is 27.2 Å². The molecule has 1 atom stereocenters. The molecule has 1 aliphatic rings. The Morgan fingerprint density at radius 1 is 1.20 bits per heavy atom. The van der Waals surface area contributed by atoms with Crippen LogP contribution in [0.4, 0.5) is 0 Å². The fourth-order valence-electron chi connectivity index (χ4n) is 2.51. The standard InChI is InChI=1S/C15H25NO4/c1-15(2,3)13(19)14(20)16-10-6-8-11(16)7-4-5-9-12(17)18/h11H,4-10H2,1-3H3,(H,17,18). The molecule has 0 spiro atoms. The number of aliphatic carboxylic acids is 1. The first kappa shape index (κ1) is 16.7. The first-order valence-corrected chi connectivity index (χ1v) is 7.30. The summed E-state index contributed by atoms with van der Waals surface area (Å²) in [7, 11) is 0. The minimum atomic E-state index is -0.785. The summed E-state index contributed by atoms with van der Waals surface area (Å²) in [6.07, 6.45) is 4.20. The SMILES string of the molecule is CC(C)(C)C(=O)C(=O)N1CCCC1CCCCC(=O)O. The van der Waals surface area contributed by atoms with Crippen molar-refractivity contribution in [2.75, 3.05) is 6.54 Å². The van der Waals surface area contributed by atoms with Crippen LogP contribution in [0.3, 0.4) is 0 Å². The molecule has 1 aliphatic heterocycles. The molecule has 1 saturated heterocycles. The number of carboxylic acid groups (broad SMARTS) is 1. The normalized spacial score (nSPS) is 19.1. The third-order valence-electron chi connectivity index (χ3n) is 3.69. The molecular weight excluding hydrogens is 258 g/mol. The van der Waals surface area contributed by atoms with Crippen molar-refractivity contribution in [1.29, 1.82) is 0 Å². The maximum Gasteiger partial charge on any atom is 0.303 e. The van der Waals surface area contributed by atoms with Gasteiger partial charge in [-0.25, -0.2) is 0 Å². The van der Waals surface area contributed by atoms with Crippen LogP contribution < -0.4 is 0 Å². The maximum absolute atomic E-state index is 12.2. The van der Waals surface area contributed by atoms with Gasteiger partial charge in [0.2, 0.25) is 5.78 Å². The highest BCUT2D eigenvalue weighted by atomic mass is 16.4. The summed E-state index contributed by atoms with van der Waals surface area (Å²) in [5, 5.41) is 8.60. The van der Waals surface area contributed by atoms with E-state index in [9.17, 15) is 14.4 Å². The molecule has 0 radical (unpaired) electrons. The number of rotatable bonds is 6. The lowest BCUT2D eigenvalue weighted by Crippen LogP contribution is -2.44. The van der Waals surface area contributed by atoms with Gasteiger partial charge in [0.1, 0.15) is 0 Å². The fraction of sp³-hybridized carbons (Fsp3) is 0.800. The number of unbranched alkanes of at least 4 members (excludes halogenated alkanes) is 1. The molecule has 1 unspecified atom stereocenters. The first-order chi connectivity index (χ1) is 9.23. The Labute approximate surface area is 120 Å². The van der Waals surface area contributed by atoms with Crippen molar-refractivity contribution in [2.45, 2.75) is 65.3 Å². The molecule has 1 amide bonds. The molecule has 5 nitrogen and oxygen atoms in total. The minimum Gasteiger partial charge on any atom is -0.481 e. The highest BCUT2D eigenvalue weighted by Gasteiger charge is 2.36. The third-order valence-corrected chi connectivity index (χ3v) is 3.69. The van der Waals surface area contributed by atoms with Crippen molar-refractivity contribution in [3.8, 4) is 0 Å². The van der Waals surface area contributed by atoms with E-state index < -0.39 is 11.4 Å². The summed E-state index contributed by atoms with van der Waals surface area (Å²) >= 11 is 0. The molecule has 0 aromatic heterocycles. The average Bonchev–Trinajstić information content (AvgIpc) is 2.79. The molecular formula is C15H25NO4. The molecule has 1 rings (SSSR count). The number of nitrogens with zero attached hydrogens (tertiary/aromatic N) is 1. The Hall–Kier alpha value is -1.39. The first-order valence-electron chi connectivity index (χ1n) is 7.30. The summed E-state index contributed by atoms with van der Waals surface area (Å²) in [6, 6.07) is 0.0996. The van der Waals surface area contributed by atoms with Crippen molar-refractivity contribution >= 4 is 17.7 Å². The molecule has 0 aromatic carbocycles. The summed E-state index contributed by atoms with van der Waals surface area (Å²) in [5.41, 5.74) is -0.645. The smallest absolute Gasteiger partial charge is 0.303 e. The van der Waals surface area contributed by atoms with E-state index in [2.05, 4.69) is 0 Å². The number of Topliss-reactive ketones (excluding diaryl/α,β-unsaturated/α-hetero) is 1. The largest absolute Gasteiger partial charge is 0.481 e.